The Morgan fingerprint density at radius 3 is 2.75 bits per heavy atom. The van der Waals surface area contributed by atoms with Gasteiger partial charge >= 0.3 is 0 Å². The lowest BCUT2D eigenvalue weighted by atomic mass is 9.86. The van der Waals surface area contributed by atoms with Gasteiger partial charge in [0, 0.05) is 4.88 Å². The molecule has 1 spiro atoms. The van der Waals surface area contributed by atoms with Crippen molar-refractivity contribution in [2.45, 2.75) is 24.9 Å². The maximum atomic E-state index is 6.24. The second kappa shape index (κ2) is 4.14. The highest BCUT2D eigenvalue weighted by Crippen LogP contribution is 2.49. The van der Waals surface area contributed by atoms with Gasteiger partial charge < -0.3 is 10.1 Å². The minimum Gasteiger partial charge on any atom is -0.369 e. The third-order valence-electron chi connectivity index (χ3n) is 3.46. The van der Waals surface area contributed by atoms with Crippen LogP contribution in [0.2, 0.25) is 9.36 Å². The molecule has 3 heterocycles. The summed E-state index contributed by atoms with van der Waals surface area (Å²) in [6.07, 6.45) is 2.94. The Morgan fingerprint density at radius 1 is 1.25 bits per heavy atom. The molecule has 2 aliphatic heterocycles. The Hall–Kier alpha value is 0.200. The van der Waals surface area contributed by atoms with Gasteiger partial charge in [0.2, 0.25) is 0 Å². The van der Waals surface area contributed by atoms with Crippen LogP contribution in [-0.2, 0) is 16.8 Å². The van der Waals surface area contributed by atoms with Crippen LogP contribution in [0.3, 0.4) is 0 Å². The van der Waals surface area contributed by atoms with Crippen LogP contribution in [0.5, 0.6) is 0 Å². The molecule has 0 amide bonds. The number of hydrogen-bond donors (Lipinski definition) is 1. The van der Waals surface area contributed by atoms with Crippen LogP contribution in [-0.4, -0.2) is 19.7 Å². The number of ether oxygens (including phenoxy) is 1. The highest BCUT2D eigenvalue weighted by atomic mass is 35.5. The van der Waals surface area contributed by atoms with Crippen LogP contribution in [0, 0.1) is 0 Å². The van der Waals surface area contributed by atoms with Crippen molar-refractivity contribution in [3.63, 3.8) is 0 Å². The summed E-state index contributed by atoms with van der Waals surface area (Å²) in [5.74, 6) is 0. The first-order valence-electron chi connectivity index (χ1n) is 5.55. The van der Waals surface area contributed by atoms with Crippen LogP contribution >= 0.6 is 34.5 Å². The SMILES string of the molecule is Clc1sc2c(c1Cl)CCOC21CCNCC1. The summed E-state index contributed by atoms with van der Waals surface area (Å²) in [4.78, 5) is 1.27. The van der Waals surface area contributed by atoms with E-state index in [4.69, 9.17) is 27.9 Å². The molecule has 0 bridgehead atoms. The summed E-state index contributed by atoms with van der Waals surface area (Å²) in [6.45, 7) is 2.78. The lowest BCUT2D eigenvalue weighted by Crippen LogP contribution is -2.44. The molecule has 0 unspecified atom stereocenters. The van der Waals surface area contributed by atoms with Gasteiger partial charge in [-0.25, -0.2) is 0 Å². The van der Waals surface area contributed by atoms with Crippen LogP contribution in [0.1, 0.15) is 23.3 Å². The Kier molecular flexibility index (Phi) is 2.93. The van der Waals surface area contributed by atoms with Crippen LogP contribution in [0.4, 0.5) is 0 Å². The number of rotatable bonds is 0. The second-order valence-corrected chi connectivity index (χ2v) is 6.34. The number of fused-ring (bicyclic) bond motifs is 2. The van der Waals surface area contributed by atoms with E-state index in [9.17, 15) is 0 Å². The molecule has 0 aromatic carbocycles. The van der Waals surface area contributed by atoms with Gasteiger partial charge in [-0.3, -0.25) is 0 Å². The molecule has 1 aromatic heterocycles. The maximum absolute atomic E-state index is 6.24. The molecule has 1 saturated heterocycles. The first-order chi connectivity index (χ1) is 7.73. The quantitative estimate of drug-likeness (QED) is 0.787. The van der Waals surface area contributed by atoms with Crippen molar-refractivity contribution in [1.82, 2.24) is 5.32 Å². The van der Waals surface area contributed by atoms with Crippen LogP contribution in [0.25, 0.3) is 0 Å². The smallest absolute Gasteiger partial charge is 0.112 e. The highest BCUT2D eigenvalue weighted by Gasteiger charge is 2.41. The maximum Gasteiger partial charge on any atom is 0.112 e. The van der Waals surface area contributed by atoms with Crippen molar-refractivity contribution in [3.05, 3.63) is 19.8 Å². The zero-order chi connectivity index (χ0) is 11.2. The Labute approximate surface area is 109 Å². The molecule has 5 heteroatoms. The fourth-order valence-corrected chi connectivity index (χ4v) is 4.50. The minimum absolute atomic E-state index is 0.111. The number of hydrogen-bond acceptors (Lipinski definition) is 3. The summed E-state index contributed by atoms with van der Waals surface area (Å²) >= 11 is 14.0. The van der Waals surface area contributed by atoms with Gasteiger partial charge in [-0.1, -0.05) is 23.2 Å². The number of thiophene rings is 1. The molecule has 1 N–H and O–H groups in total. The summed E-state index contributed by atoms with van der Waals surface area (Å²) in [5.41, 5.74) is 1.12. The molecule has 2 aliphatic rings. The first kappa shape index (κ1) is 11.3. The summed E-state index contributed by atoms with van der Waals surface area (Å²) in [7, 11) is 0. The van der Waals surface area contributed by atoms with E-state index in [1.165, 1.54) is 10.4 Å². The fraction of sp³-hybridized carbons (Fsp3) is 0.636. The van der Waals surface area contributed by atoms with E-state index in [-0.39, 0.29) is 5.60 Å². The van der Waals surface area contributed by atoms with Gasteiger partial charge in [0.1, 0.15) is 9.94 Å². The molecule has 1 aromatic rings. The van der Waals surface area contributed by atoms with E-state index in [2.05, 4.69) is 5.32 Å². The van der Waals surface area contributed by atoms with Crippen molar-refractivity contribution in [1.29, 1.82) is 0 Å². The van der Waals surface area contributed by atoms with Gasteiger partial charge in [-0.2, -0.15) is 0 Å². The topological polar surface area (TPSA) is 21.3 Å². The second-order valence-electron chi connectivity index (χ2n) is 4.34. The lowest BCUT2D eigenvalue weighted by molar-refractivity contribution is -0.0771. The minimum atomic E-state index is -0.111. The fourth-order valence-electron chi connectivity index (χ4n) is 2.62. The third-order valence-corrected chi connectivity index (χ3v) is 5.71. The van der Waals surface area contributed by atoms with Gasteiger partial charge in [0.15, 0.2) is 0 Å². The Bertz CT molecular complexity index is 412. The van der Waals surface area contributed by atoms with E-state index < -0.39 is 0 Å². The molecular weight excluding hydrogens is 265 g/mol. The third kappa shape index (κ3) is 1.61. The predicted octanol–water partition coefficient (Wildman–Crippen LogP) is 3.21. The Balaban J connectivity index is 2.08. The van der Waals surface area contributed by atoms with E-state index >= 15 is 0 Å². The van der Waals surface area contributed by atoms with E-state index in [1.54, 1.807) is 11.3 Å². The van der Waals surface area contributed by atoms with Crippen LogP contribution in [0.15, 0.2) is 0 Å². The highest BCUT2D eigenvalue weighted by molar-refractivity contribution is 7.17. The molecule has 1 fully saturated rings. The van der Waals surface area contributed by atoms with Gasteiger partial charge in [0.25, 0.3) is 0 Å². The van der Waals surface area contributed by atoms with Crippen molar-refractivity contribution < 1.29 is 4.74 Å². The average Bonchev–Trinajstić information content (AvgIpc) is 2.60. The molecule has 0 radical (unpaired) electrons. The van der Waals surface area contributed by atoms with Crippen molar-refractivity contribution >= 4 is 34.5 Å². The standard InChI is InChI=1S/C11H13Cl2NOS/c12-8-7-1-6-15-11(2-4-14-5-3-11)9(7)16-10(8)13/h14H,1-6H2. The first-order valence-corrected chi connectivity index (χ1v) is 7.12. The van der Waals surface area contributed by atoms with Gasteiger partial charge in [-0.05, 0) is 37.9 Å². The zero-order valence-electron chi connectivity index (χ0n) is 8.82. The van der Waals surface area contributed by atoms with Crippen molar-refractivity contribution in [3.8, 4) is 0 Å². The molecule has 0 aliphatic carbocycles. The van der Waals surface area contributed by atoms with Crippen molar-refractivity contribution in [2.24, 2.45) is 0 Å². The van der Waals surface area contributed by atoms with Crippen molar-refractivity contribution in [2.75, 3.05) is 19.7 Å². The molecule has 2 nitrogen and oxygen atoms in total. The molecule has 16 heavy (non-hydrogen) atoms. The summed E-state index contributed by atoms with van der Waals surface area (Å²) < 4.78 is 6.77. The largest absolute Gasteiger partial charge is 0.369 e. The summed E-state index contributed by atoms with van der Waals surface area (Å²) in [6, 6.07) is 0. The Morgan fingerprint density at radius 2 is 2.00 bits per heavy atom. The summed E-state index contributed by atoms with van der Waals surface area (Å²) in [5, 5.41) is 4.12. The predicted molar refractivity (Wildman–Crippen MR) is 67.8 cm³/mol. The molecule has 0 saturated carbocycles. The van der Waals surface area contributed by atoms with Gasteiger partial charge in [0.05, 0.1) is 11.6 Å². The molecular formula is C11H13Cl2NOS. The average molecular weight is 278 g/mol. The zero-order valence-corrected chi connectivity index (χ0v) is 11.1. The molecule has 88 valence electrons. The van der Waals surface area contributed by atoms with Crippen LogP contribution < -0.4 is 5.32 Å². The number of nitrogens with one attached hydrogen (secondary N) is 1. The molecule has 0 atom stereocenters. The number of piperidine rings is 1. The normalized spacial score (nSPS) is 23.4. The van der Waals surface area contributed by atoms with E-state index in [0.717, 1.165) is 48.3 Å². The van der Waals surface area contributed by atoms with E-state index in [0.29, 0.717) is 0 Å². The lowest BCUT2D eigenvalue weighted by Gasteiger charge is -2.40. The van der Waals surface area contributed by atoms with E-state index in [1.807, 2.05) is 0 Å². The van der Waals surface area contributed by atoms with Gasteiger partial charge in [-0.15, -0.1) is 11.3 Å². The monoisotopic (exact) mass is 277 g/mol. The number of halogens is 2. The molecule has 3 rings (SSSR count).